The number of amides is 1. The Hall–Kier alpha value is -3.65. The van der Waals surface area contributed by atoms with Crippen molar-refractivity contribution in [3.05, 3.63) is 64.7 Å². The van der Waals surface area contributed by atoms with E-state index in [1.165, 1.54) is 42.1 Å². The smallest absolute Gasteiger partial charge is 0.387 e. The summed E-state index contributed by atoms with van der Waals surface area (Å²) >= 11 is 0. The van der Waals surface area contributed by atoms with Crippen LogP contribution in [0.3, 0.4) is 0 Å². The highest BCUT2D eigenvalue weighted by Crippen LogP contribution is 2.33. The van der Waals surface area contributed by atoms with Gasteiger partial charge in [0.2, 0.25) is 0 Å². The van der Waals surface area contributed by atoms with Gasteiger partial charge in [0.05, 0.1) is 46.9 Å². The number of carbonyl (C=O) groups excluding carboxylic acids is 1. The third kappa shape index (κ3) is 4.44. The first-order chi connectivity index (χ1) is 13.7. The van der Waals surface area contributed by atoms with E-state index in [1.807, 2.05) is 0 Å². The number of benzene rings is 1. The Balaban J connectivity index is 1.72. The van der Waals surface area contributed by atoms with Crippen LogP contribution in [-0.2, 0) is 12.7 Å². The summed E-state index contributed by atoms with van der Waals surface area (Å²) in [5, 5.41) is 31.4. The summed E-state index contributed by atoms with van der Waals surface area (Å²) in [6.07, 6.45) is -4.02. The molecular formula is C18H15F3N6O2. The second kappa shape index (κ2) is 7.76. The number of halogens is 3. The summed E-state index contributed by atoms with van der Waals surface area (Å²) in [6, 6.07) is 7.75. The lowest BCUT2D eigenvalue weighted by Gasteiger charge is -2.10. The Kier molecular flexibility index (Phi) is 5.38. The van der Waals surface area contributed by atoms with Crippen molar-refractivity contribution in [2.75, 3.05) is 0 Å². The van der Waals surface area contributed by atoms with Crippen LogP contribution in [0.5, 0.6) is 0 Å². The summed E-state index contributed by atoms with van der Waals surface area (Å²) in [5.74, 6) is -0.500. The molecule has 1 atom stereocenters. The van der Waals surface area contributed by atoms with Crippen molar-refractivity contribution in [1.82, 2.24) is 25.3 Å². The number of aliphatic hydroxyl groups is 1. The van der Waals surface area contributed by atoms with E-state index in [4.69, 9.17) is 5.26 Å². The largest absolute Gasteiger partial charge is 0.417 e. The fourth-order valence-corrected chi connectivity index (χ4v) is 2.53. The maximum atomic E-state index is 13.1. The molecule has 0 aliphatic carbocycles. The maximum Gasteiger partial charge on any atom is 0.417 e. The van der Waals surface area contributed by atoms with Crippen molar-refractivity contribution in [3.63, 3.8) is 0 Å². The molecule has 2 aromatic heterocycles. The minimum atomic E-state index is -4.67. The fourth-order valence-electron chi connectivity index (χ4n) is 2.53. The van der Waals surface area contributed by atoms with Gasteiger partial charge < -0.3 is 10.4 Å². The zero-order valence-electron chi connectivity index (χ0n) is 15.0. The quantitative estimate of drug-likeness (QED) is 0.604. The minimum absolute atomic E-state index is 0.0190. The first kappa shape index (κ1) is 20.1. The number of nitriles is 1. The van der Waals surface area contributed by atoms with Crippen LogP contribution in [0.25, 0.3) is 5.69 Å². The zero-order chi connectivity index (χ0) is 21.2. The topological polar surface area (TPSA) is 120 Å². The number of hydrogen-bond acceptors (Lipinski definition) is 5. The summed E-state index contributed by atoms with van der Waals surface area (Å²) in [5.41, 5.74) is -0.514. The zero-order valence-corrected chi connectivity index (χ0v) is 15.0. The number of carbonyl (C=O) groups is 1. The number of rotatable bonds is 5. The molecule has 2 heterocycles. The van der Waals surface area contributed by atoms with Gasteiger partial charge in [-0.3, -0.25) is 9.89 Å². The van der Waals surface area contributed by atoms with Crippen molar-refractivity contribution in [2.45, 2.75) is 25.7 Å². The molecule has 0 fully saturated rings. The summed E-state index contributed by atoms with van der Waals surface area (Å²) in [6.45, 7) is 1.54. The predicted molar refractivity (Wildman–Crippen MR) is 93.7 cm³/mol. The van der Waals surface area contributed by atoms with E-state index in [2.05, 4.69) is 20.6 Å². The molecule has 3 rings (SSSR count). The van der Waals surface area contributed by atoms with E-state index in [1.54, 1.807) is 0 Å². The Labute approximate surface area is 162 Å². The number of alkyl halides is 3. The third-order valence-electron chi connectivity index (χ3n) is 4.05. The van der Waals surface area contributed by atoms with Gasteiger partial charge in [0.15, 0.2) is 0 Å². The predicted octanol–water partition coefficient (Wildman–Crippen LogP) is 2.47. The molecule has 0 aliphatic rings. The minimum Gasteiger partial charge on any atom is -0.387 e. The van der Waals surface area contributed by atoms with Crippen molar-refractivity contribution >= 4 is 5.91 Å². The molecule has 0 aliphatic heterocycles. The van der Waals surface area contributed by atoms with Crippen LogP contribution >= 0.6 is 0 Å². The van der Waals surface area contributed by atoms with Crippen LogP contribution in [0.4, 0.5) is 13.2 Å². The molecule has 1 unspecified atom stereocenters. The summed E-state index contributed by atoms with van der Waals surface area (Å²) in [7, 11) is 0. The highest BCUT2D eigenvalue weighted by Gasteiger charge is 2.34. The average Bonchev–Trinajstić information content (AvgIpc) is 3.34. The lowest BCUT2D eigenvalue weighted by atomic mass is 10.1. The lowest BCUT2D eigenvalue weighted by Crippen LogP contribution is -2.23. The standard InChI is InChI=1S/C18H15F3N6O2/c1-10(28)15-7-16(25-24-15)17(29)23-9-12-4-5-27(26-12)13-3-2-11(8-22)14(6-13)18(19,20)21/h2-7,10,28H,9H2,1H3,(H,23,29)(H,24,25). The van der Waals surface area contributed by atoms with Crippen LogP contribution in [0.15, 0.2) is 36.5 Å². The molecule has 0 saturated carbocycles. The second-order valence-corrected chi connectivity index (χ2v) is 6.16. The number of nitrogens with one attached hydrogen (secondary N) is 2. The van der Waals surface area contributed by atoms with Crippen molar-refractivity contribution in [2.24, 2.45) is 0 Å². The molecule has 0 saturated heterocycles. The molecule has 3 aromatic rings. The van der Waals surface area contributed by atoms with E-state index in [-0.39, 0.29) is 17.9 Å². The van der Waals surface area contributed by atoms with Crippen LogP contribution in [0.2, 0.25) is 0 Å². The Morgan fingerprint density at radius 3 is 2.76 bits per heavy atom. The van der Waals surface area contributed by atoms with E-state index in [9.17, 15) is 23.1 Å². The molecule has 8 nitrogen and oxygen atoms in total. The van der Waals surface area contributed by atoms with E-state index in [0.29, 0.717) is 11.4 Å². The van der Waals surface area contributed by atoms with Gasteiger partial charge in [-0.2, -0.15) is 28.6 Å². The number of aromatic amines is 1. The van der Waals surface area contributed by atoms with Gasteiger partial charge in [0.1, 0.15) is 5.69 Å². The molecule has 11 heteroatoms. The Morgan fingerprint density at radius 2 is 2.14 bits per heavy atom. The molecule has 29 heavy (non-hydrogen) atoms. The molecular weight excluding hydrogens is 389 g/mol. The van der Waals surface area contributed by atoms with E-state index < -0.39 is 29.3 Å². The van der Waals surface area contributed by atoms with E-state index >= 15 is 0 Å². The van der Waals surface area contributed by atoms with Crippen LogP contribution in [0, 0.1) is 11.3 Å². The Bertz CT molecular complexity index is 1080. The molecule has 0 radical (unpaired) electrons. The highest BCUT2D eigenvalue weighted by molar-refractivity contribution is 5.92. The highest BCUT2D eigenvalue weighted by atomic mass is 19.4. The van der Waals surface area contributed by atoms with Crippen LogP contribution in [0.1, 0.15) is 46.0 Å². The Morgan fingerprint density at radius 1 is 1.38 bits per heavy atom. The maximum absolute atomic E-state index is 13.1. The third-order valence-corrected chi connectivity index (χ3v) is 4.05. The molecule has 0 bridgehead atoms. The van der Waals surface area contributed by atoms with Gasteiger partial charge in [-0.05, 0) is 37.3 Å². The van der Waals surface area contributed by atoms with E-state index in [0.717, 1.165) is 12.1 Å². The van der Waals surface area contributed by atoms with Crippen molar-refractivity contribution in [3.8, 4) is 11.8 Å². The summed E-state index contributed by atoms with van der Waals surface area (Å²) < 4.78 is 40.5. The molecule has 150 valence electrons. The number of aliphatic hydroxyl groups excluding tert-OH is 1. The van der Waals surface area contributed by atoms with Crippen molar-refractivity contribution in [1.29, 1.82) is 5.26 Å². The molecule has 3 N–H and O–H groups in total. The second-order valence-electron chi connectivity index (χ2n) is 6.16. The molecule has 0 spiro atoms. The van der Waals surface area contributed by atoms with Crippen LogP contribution < -0.4 is 5.32 Å². The number of hydrogen-bond donors (Lipinski definition) is 3. The first-order valence-electron chi connectivity index (χ1n) is 8.37. The van der Waals surface area contributed by atoms with Gasteiger partial charge in [0, 0.05) is 6.20 Å². The van der Waals surface area contributed by atoms with Gasteiger partial charge in [0.25, 0.3) is 5.91 Å². The first-order valence-corrected chi connectivity index (χ1v) is 8.37. The SMILES string of the molecule is CC(O)c1cc(C(=O)NCc2ccn(-c3ccc(C#N)c(C(F)(F)F)c3)n2)n[nH]1. The molecule has 1 amide bonds. The average molecular weight is 404 g/mol. The fraction of sp³-hybridized carbons (Fsp3) is 0.222. The van der Waals surface area contributed by atoms with Crippen LogP contribution in [-0.4, -0.2) is 31.0 Å². The van der Waals surface area contributed by atoms with Gasteiger partial charge in [-0.1, -0.05) is 0 Å². The number of nitrogens with zero attached hydrogens (tertiary/aromatic N) is 4. The van der Waals surface area contributed by atoms with Gasteiger partial charge in [-0.15, -0.1) is 0 Å². The van der Waals surface area contributed by atoms with Gasteiger partial charge >= 0.3 is 6.18 Å². The normalized spacial score (nSPS) is 12.4. The number of H-pyrrole nitrogens is 1. The molecule has 1 aromatic carbocycles. The van der Waals surface area contributed by atoms with Crippen molar-refractivity contribution < 1.29 is 23.1 Å². The van der Waals surface area contributed by atoms with Gasteiger partial charge in [-0.25, -0.2) is 4.68 Å². The monoisotopic (exact) mass is 404 g/mol. The summed E-state index contributed by atoms with van der Waals surface area (Å²) in [4.78, 5) is 12.1. The number of aromatic nitrogens is 4. The lowest BCUT2D eigenvalue weighted by molar-refractivity contribution is -0.137.